The van der Waals surface area contributed by atoms with Crippen molar-refractivity contribution in [2.45, 2.75) is 19.4 Å². The number of rotatable bonds is 7. The van der Waals surface area contributed by atoms with Crippen LogP contribution in [-0.4, -0.2) is 34.3 Å². The summed E-state index contributed by atoms with van der Waals surface area (Å²) in [6.45, 7) is 2.04. The standard InChI is InChI=1S/C21H21N3O3/c1-16(20(25)22-13-12-17-8-4-2-5-9-17)27-21(26)18-14-23-24(15-18)19-10-6-3-7-11-19/h2-11,14-16H,12-13H2,1H3,(H,22,25). The van der Waals surface area contributed by atoms with Gasteiger partial charge in [0.2, 0.25) is 0 Å². The number of benzene rings is 2. The minimum atomic E-state index is -0.881. The number of carbonyl (C=O) groups excluding carboxylic acids is 2. The van der Waals surface area contributed by atoms with Crippen molar-refractivity contribution >= 4 is 11.9 Å². The summed E-state index contributed by atoms with van der Waals surface area (Å²) in [5.41, 5.74) is 2.27. The largest absolute Gasteiger partial charge is 0.449 e. The number of ether oxygens (including phenoxy) is 1. The van der Waals surface area contributed by atoms with Crippen molar-refractivity contribution in [3.63, 3.8) is 0 Å². The lowest BCUT2D eigenvalue weighted by Gasteiger charge is -2.13. The number of amides is 1. The molecular weight excluding hydrogens is 342 g/mol. The Labute approximate surface area is 157 Å². The molecule has 27 heavy (non-hydrogen) atoms. The molecule has 1 aromatic heterocycles. The molecule has 0 fully saturated rings. The lowest BCUT2D eigenvalue weighted by molar-refractivity contribution is -0.129. The molecule has 3 aromatic rings. The maximum absolute atomic E-state index is 12.2. The molecule has 1 N–H and O–H groups in total. The predicted molar refractivity (Wildman–Crippen MR) is 102 cm³/mol. The number of hydrogen-bond donors (Lipinski definition) is 1. The van der Waals surface area contributed by atoms with Crippen molar-refractivity contribution in [1.82, 2.24) is 15.1 Å². The Morgan fingerprint density at radius 3 is 2.44 bits per heavy atom. The summed E-state index contributed by atoms with van der Waals surface area (Å²) in [6, 6.07) is 19.3. The molecule has 138 valence electrons. The van der Waals surface area contributed by atoms with Gasteiger partial charge in [-0.05, 0) is 31.0 Å². The number of hydrogen-bond acceptors (Lipinski definition) is 4. The first-order valence-electron chi connectivity index (χ1n) is 8.76. The summed E-state index contributed by atoms with van der Waals surface area (Å²) >= 11 is 0. The molecule has 0 aliphatic carbocycles. The van der Waals surface area contributed by atoms with E-state index in [4.69, 9.17) is 4.74 Å². The Morgan fingerprint density at radius 2 is 1.74 bits per heavy atom. The van der Waals surface area contributed by atoms with Crippen molar-refractivity contribution < 1.29 is 14.3 Å². The van der Waals surface area contributed by atoms with Crippen LogP contribution < -0.4 is 5.32 Å². The lowest BCUT2D eigenvalue weighted by Crippen LogP contribution is -2.36. The van der Waals surface area contributed by atoms with Crippen molar-refractivity contribution in [3.8, 4) is 5.69 Å². The molecule has 1 unspecified atom stereocenters. The van der Waals surface area contributed by atoms with Crippen molar-refractivity contribution in [3.05, 3.63) is 84.2 Å². The van der Waals surface area contributed by atoms with E-state index in [-0.39, 0.29) is 5.91 Å². The van der Waals surface area contributed by atoms with Crippen LogP contribution in [0.4, 0.5) is 0 Å². The fraction of sp³-hybridized carbons (Fsp3) is 0.190. The summed E-state index contributed by atoms with van der Waals surface area (Å²) in [6.07, 6.45) is 2.85. The highest BCUT2D eigenvalue weighted by atomic mass is 16.5. The van der Waals surface area contributed by atoms with Crippen LogP contribution in [0.2, 0.25) is 0 Å². The van der Waals surface area contributed by atoms with Crippen molar-refractivity contribution in [1.29, 1.82) is 0 Å². The third-order valence-electron chi connectivity index (χ3n) is 4.05. The van der Waals surface area contributed by atoms with Gasteiger partial charge in [-0.15, -0.1) is 0 Å². The fourth-order valence-electron chi connectivity index (χ4n) is 2.55. The molecular formula is C21H21N3O3. The average Bonchev–Trinajstić information content (AvgIpc) is 3.20. The molecule has 1 amide bonds. The van der Waals surface area contributed by atoms with Crippen LogP contribution in [0.5, 0.6) is 0 Å². The Balaban J connectivity index is 1.50. The van der Waals surface area contributed by atoms with Gasteiger partial charge in [0, 0.05) is 12.7 Å². The van der Waals surface area contributed by atoms with E-state index >= 15 is 0 Å². The molecule has 0 radical (unpaired) electrons. The molecule has 6 heteroatoms. The normalized spacial score (nSPS) is 11.6. The Bertz CT molecular complexity index is 891. The monoisotopic (exact) mass is 363 g/mol. The quantitative estimate of drug-likeness (QED) is 0.655. The van der Waals surface area contributed by atoms with Gasteiger partial charge in [-0.2, -0.15) is 5.10 Å². The van der Waals surface area contributed by atoms with Crippen LogP contribution in [0.3, 0.4) is 0 Å². The highest BCUT2D eigenvalue weighted by molar-refractivity contribution is 5.91. The van der Waals surface area contributed by atoms with E-state index in [0.29, 0.717) is 12.1 Å². The fourth-order valence-corrected chi connectivity index (χ4v) is 2.55. The van der Waals surface area contributed by atoms with E-state index in [1.54, 1.807) is 17.8 Å². The van der Waals surface area contributed by atoms with E-state index in [1.165, 1.54) is 6.20 Å². The van der Waals surface area contributed by atoms with Crippen molar-refractivity contribution in [2.24, 2.45) is 0 Å². The summed E-state index contributed by atoms with van der Waals surface area (Å²) < 4.78 is 6.83. The first-order valence-corrected chi connectivity index (χ1v) is 8.76. The van der Waals surface area contributed by atoms with E-state index < -0.39 is 12.1 Å². The van der Waals surface area contributed by atoms with Gasteiger partial charge in [0.25, 0.3) is 5.91 Å². The third-order valence-corrected chi connectivity index (χ3v) is 4.05. The van der Waals surface area contributed by atoms with Crippen molar-refractivity contribution in [2.75, 3.05) is 6.54 Å². The number of nitrogens with one attached hydrogen (secondary N) is 1. The van der Waals surface area contributed by atoms with Gasteiger partial charge < -0.3 is 10.1 Å². The van der Waals surface area contributed by atoms with Crippen LogP contribution in [0, 0.1) is 0 Å². The van der Waals surface area contributed by atoms with Crippen LogP contribution in [0.25, 0.3) is 5.69 Å². The van der Waals surface area contributed by atoms with E-state index in [0.717, 1.165) is 17.7 Å². The number of nitrogens with zero attached hydrogens (tertiary/aromatic N) is 2. The van der Waals surface area contributed by atoms with E-state index in [2.05, 4.69) is 10.4 Å². The van der Waals surface area contributed by atoms with Crippen LogP contribution >= 0.6 is 0 Å². The number of para-hydroxylation sites is 1. The van der Waals surface area contributed by atoms with Crippen LogP contribution in [-0.2, 0) is 16.0 Å². The summed E-state index contributed by atoms with van der Waals surface area (Å²) in [5, 5.41) is 6.94. The first kappa shape index (κ1) is 18.4. The van der Waals surface area contributed by atoms with Crippen LogP contribution in [0.15, 0.2) is 73.1 Å². The Morgan fingerprint density at radius 1 is 1.07 bits per heavy atom. The van der Waals surface area contributed by atoms with Gasteiger partial charge in [-0.3, -0.25) is 4.79 Å². The van der Waals surface area contributed by atoms with Gasteiger partial charge in [0.05, 0.1) is 17.4 Å². The highest BCUT2D eigenvalue weighted by Crippen LogP contribution is 2.09. The number of aromatic nitrogens is 2. The zero-order valence-corrected chi connectivity index (χ0v) is 15.0. The molecule has 3 rings (SSSR count). The average molecular weight is 363 g/mol. The maximum atomic E-state index is 12.2. The number of esters is 1. The van der Waals surface area contributed by atoms with Gasteiger partial charge in [-0.1, -0.05) is 48.5 Å². The predicted octanol–water partition coefficient (Wildman–Crippen LogP) is 2.78. The molecule has 1 atom stereocenters. The summed E-state index contributed by atoms with van der Waals surface area (Å²) in [5.74, 6) is -0.905. The maximum Gasteiger partial charge on any atom is 0.342 e. The first-order chi connectivity index (χ1) is 13.1. The zero-order chi connectivity index (χ0) is 19.1. The Kier molecular flexibility index (Phi) is 5.99. The second kappa shape index (κ2) is 8.80. The summed E-state index contributed by atoms with van der Waals surface area (Å²) in [4.78, 5) is 24.4. The number of carbonyl (C=O) groups is 2. The highest BCUT2D eigenvalue weighted by Gasteiger charge is 2.19. The lowest BCUT2D eigenvalue weighted by atomic mass is 10.1. The van der Waals surface area contributed by atoms with E-state index in [9.17, 15) is 9.59 Å². The molecule has 6 nitrogen and oxygen atoms in total. The SMILES string of the molecule is CC(OC(=O)c1cnn(-c2ccccc2)c1)C(=O)NCCc1ccccc1. The van der Waals surface area contributed by atoms with Gasteiger partial charge in [0.1, 0.15) is 0 Å². The smallest absolute Gasteiger partial charge is 0.342 e. The second-order valence-corrected chi connectivity index (χ2v) is 6.08. The third kappa shape index (κ3) is 5.04. The molecule has 0 saturated carbocycles. The second-order valence-electron chi connectivity index (χ2n) is 6.08. The minimum absolute atomic E-state index is 0.294. The summed E-state index contributed by atoms with van der Waals surface area (Å²) in [7, 11) is 0. The van der Waals surface area contributed by atoms with Gasteiger partial charge >= 0.3 is 5.97 Å². The molecule has 0 aliphatic heterocycles. The molecule has 0 aliphatic rings. The van der Waals surface area contributed by atoms with E-state index in [1.807, 2.05) is 60.7 Å². The molecule has 2 aromatic carbocycles. The molecule has 0 bridgehead atoms. The minimum Gasteiger partial charge on any atom is -0.449 e. The zero-order valence-electron chi connectivity index (χ0n) is 15.0. The molecule has 0 spiro atoms. The van der Waals surface area contributed by atoms with Gasteiger partial charge in [0.15, 0.2) is 6.10 Å². The van der Waals surface area contributed by atoms with Gasteiger partial charge in [-0.25, -0.2) is 9.48 Å². The Hall–Kier alpha value is -3.41. The van der Waals surface area contributed by atoms with Crippen LogP contribution in [0.1, 0.15) is 22.8 Å². The molecule has 0 saturated heterocycles. The topological polar surface area (TPSA) is 73.2 Å². The molecule has 1 heterocycles.